The van der Waals surface area contributed by atoms with Crippen LogP contribution in [-0.4, -0.2) is 34.6 Å². The highest BCUT2D eigenvalue weighted by Gasteiger charge is 2.23. The molecule has 2 fully saturated rings. The van der Waals surface area contributed by atoms with E-state index in [9.17, 15) is 5.11 Å². The highest BCUT2D eigenvalue weighted by atomic mass is 79.9. The fourth-order valence-electron chi connectivity index (χ4n) is 4.32. The van der Waals surface area contributed by atoms with Gasteiger partial charge in [0.2, 0.25) is 0 Å². The van der Waals surface area contributed by atoms with Gasteiger partial charge in [0.05, 0.1) is 17.2 Å². The molecule has 1 aliphatic carbocycles. The lowest BCUT2D eigenvalue weighted by molar-refractivity contribution is 0.165. The van der Waals surface area contributed by atoms with E-state index < -0.39 is 0 Å². The van der Waals surface area contributed by atoms with E-state index in [1.807, 2.05) is 0 Å². The second-order valence-corrected chi connectivity index (χ2v) is 8.85. The molecule has 4 rings (SSSR count). The van der Waals surface area contributed by atoms with Gasteiger partial charge in [0.1, 0.15) is 0 Å². The molecule has 4 nitrogen and oxygen atoms in total. The van der Waals surface area contributed by atoms with Crippen molar-refractivity contribution in [2.24, 2.45) is 11.8 Å². The van der Waals surface area contributed by atoms with Crippen LogP contribution in [0.5, 0.6) is 0 Å². The average molecular weight is 406 g/mol. The van der Waals surface area contributed by atoms with Crippen molar-refractivity contribution in [3.63, 3.8) is 0 Å². The molecule has 0 radical (unpaired) electrons. The molecule has 2 aromatic rings. The summed E-state index contributed by atoms with van der Waals surface area (Å²) in [6.45, 7) is 4.95. The van der Waals surface area contributed by atoms with Gasteiger partial charge in [-0.05, 0) is 78.4 Å². The Bertz CT molecular complexity index is 728. The number of aromatic nitrogens is 2. The van der Waals surface area contributed by atoms with Crippen molar-refractivity contribution >= 4 is 32.5 Å². The molecule has 5 heteroatoms. The summed E-state index contributed by atoms with van der Waals surface area (Å²) < 4.78 is 3.35. The van der Waals surface area contributed by atoms with Crippen molar-refractivity contribution in [2.75, 3.05) is 24.6 Å². The van der Waals surface area contributed by atoms with Crippen LogP contribution >= 0.6 is 15.9 Å². The van der Waals surface area contributed by atoms with Crippen LogP contribution in [0.1, 0.15) is 51.5 Å². The molecular formula is C20H28BrN3O. The third-order valence-electron chi connectivity index (χ3n) is 6.16. The molecule has 0 spiro atoms. The van der Waals surface area contributed by atoms with Crippen LogP contribution in [0, 0.1) is 11.8 Å². The maximum atomic E-state index is 9.33. The van der Waals surface area contributed by atoms with Crippen LogP contribution in [0.25, 0.3) is 10.9 Å². The number of rotatable bonds is 3. The smallest absolute Gasteiger partial charge is 0.0944 e. The Hall–Kier alpha value is -1.07. The first kappa shape index (κ1) is 17.3. The second-order valence-electron chi connectivity index (χ2n) is 8.00. The maximum Gasteiger partial charge on any atom is 0.0944 e. The highest BCUT2D eigenvalue weighted by molar-refractivity contribution is 9.10. The van der Waals surface area contributed by atoms with Gasteiger partial charge in [-0.15, -0.1) is 0 Å². The van der Waals surface area contributed by atoms with E-state index in [0.29, 0.717) is 18.6 Å². The van der Waals surface area contributed by atoms with Gasteiger partial charge in [0.15, 0.2) is 0 Å². The molecule has 1 saturated heterocycles. The van der Waals surface area contributed by atoms with Crippen LogP contribution < -0.4 is 4.90 Å². The number of halogens is 1. The number of benzene rings is 1. The zero-order chi connectivity index (χ0) is 17.4. The number of aliphatic hydroxyl groups excluding tert-OH is 1. The third-order valence-corrected chi connectivity index (χ3v) is 6.80. The normalized spacial score (nSPS) is 25.6. The molecule has 25 heavy (non-hydrogen) atoms. The van der Waals surface area contributed by atoms with Crippen LogP contribution in [0.2, 0.25) is 0 Å². The van der Waals surface area contributed by atoms with Gasteiger partial charge in [0, 0.05) is 35.8 Å². The molecule has 2 aliphatic rings. The van der Waals surface area contributed by atoms with E-state index in [0.717, 1.165) is 50.2 Å². The Morgan fingerprint density at radius 1 is 1.12 bits per heavy atom. The fourth-order valence-corrected chi connectivity index (χ4v) is 4.93. The predicted octanol–water partition coefficient (Wildman–Crippen LogP) is 4.76. The average Bonchev–Trinajstić information content (AvgIpc) is 3.04. The molecule has 1 N–H and O–H groups in total. The molecule has 1 aliphatic heterocycles. The highest BCUT2D eigenvalue weighted by Crippen LogP contribution is 2.36. The molecule has 136 valence electrons. The van der Waals surface area contributed by atoms with Crippen LogP contribution in [0.15, 0.2) is 22.8 Å². The number of piperidine rings is 1. The molecular weight excluding hydrogens is 378 g/mol. The summed E-state index contributed by atoms with van der Waals surface area (Å²) in [4.78, 5) is 2.50. The molecule has 0 amide bonds. The van der Waals surface area contributed by atoms with E-state index in [4.69, 9.17) is 5.10 Å². The number of hydrogen-bond acceptors (Lipinski definition) is 3. The van der Waals surface area contributed by atoms with Crippen LogP contribution in [0.4, 0.5) is 5.69 Å². The first-order valence-electron chi connectivity index (χ1n) is 9.68. The lowest BCUT2D eigenvalue weighted by atomic mass is 9.87. The summed E-state index contributed by atoms with van der Waals surface area (Å²) in [6, 6.07) is 4.96. The first-order valence-corrected chi connectivity index (χ1v) is 10.5. The Morgan fingerprint density at radius 3 is 2.52 bits per heavy atom. The van der Waals surface area contributed by atoms with E-state index in [-0.39, 0.29) is 0 Å². The fraction of sp³-hybridized carbons (Fsp3) is 0.650. The lowest BCUT2D eigenvalue weighted by Crippen LogP contribution is -2.32. The monoisotopic (exact) mass is 405 g/mol. The molecule has 0 atom stereocenters. The summed E-state index contributed by atoms with van der Waals surface area (Å²) in [5, 5.41) is 15.4. The SMILES string of the molecule is CC1CCN(c2cc3nn(C4CCC(CO)CC4)cc3cc2Br)CC1. The summed E-state index contributed by atoms with van der Waals surface area (Å²) in [5.74, 6) is 1.33. The van der Waals surface area contributed by atoms with Crippen molar-refractivity contribution in [3.8, 4) is 0 Å². The minimum Gasteiger partial charge on any atom is -0.396 e. The molecule has 1 saturated carbocycles. The number of fused-ring (bicyclic) bond motifs is 1. The molecule has 0 bridgehead atoms. The third kappa shape index (κ3) is 3.59. The Labute approximate surface area is 158 Å². The molecule has 0 unspecified atom stereocenters. The van der Waals surface area contributed by atoms with Gasteiger partial charge in [0.25, 0.3) is 0 Å². The lowest BCUT2D eigenvalue weighted by Gasteiger charge is -2.32. The summed E-state index contributed by atoms with van der Waals surface area (Å²) in [6.07, 6.45) is 9.21. The molecule has 1 aromatic carbocycles. The largest absolute Gasteiger partial charge is 0.396 e. The number of aliphatic hydroxyl groups is 1. The second kappa shape index (κ2) is 7.28. The van der Waals surface area contributed by atoms with Gasteiger partial charge >= 0.3 is 0 Å². The zero-order valence-corrected chi connectivity index (χ0v) is 16.6. The van der Waals surface area contributed by atoms with E-state index >= 15 is 0 Å². The first-order chi connectivity index (χ1) is 12.1. The van der Waals surface area contributed by atoms with E-state index in [1.165, 1.54) is 28.4 Å². The van der Waals surface area contributed by atoms with Crippen molar-refractivity contribution in [1.82, 2.24) is 9.78 Å². The van der Waals surface area contributed by atoms with Crippen molar-refractivity contribution in [3.05, 3.63) is 22.8 Å². The quantitative estimate of drug-likeness (QED) is 0.799. The maximum absolute atomic E-state index is 9.33. The summed E-state index contributed by atoms with van der Waals surface area (Å²) in [5.41, 5.74) is 2.38. The predicted molar refractivity (Wildman–Crippen MR) is 106 cm³/mol. The zero-order valence-electron chi connectivity index (χ0n) is 15.0. The van der Waals surface area contributed by atoms with E-state index in [1.54, 1.807) is 0 Å². The minimum atomic E-state index is 0.332. The number of nitrogens with zero attached hydrogens (tertiary/aromatic N) is 3. The Kier molecular flexibility index (Phi) is 5.05. The van der Waals surface area contributed by atoms with Gasteiger partial charge in [-0.1, -0.05) is 6.92 Å². The van der Waals surface area contributed by atoms with Crippen molar-refractivity contribution < 1.29 is 5.11 Å². The summed E-state index contributed by atoms with van der Waals surface area (Å²) >= 11 is 3.78. The Morgan fingerprint density at radius 2 is 1.84 bits per heavy atom. The molecule has 1 aromatic heterocycles. The van der Waals surface area contributed by atoms with Gasteiger partial charge in [-0.3, -0.25) is 4.68 Å². The topological polar surface area (TPSA) is 41.3 Å². The minimum absolute atomic E-state index is 0.332. The van der Waals surface area contributed by atoms with Crippen molar-refractivity contribution in [1.29, 1.82) is 0 Å². The van der Waals surface area contributed by atoms with Crippen LogP contribution in [-0.2, 0) is 0 Å². The molecule has 2 heterocycles. The summed E-state index contributed by atoms with van der Waals surface area (Å²) in [7, 11) is 0. The van der Waals surface area contributed by atoms with Crippen molar-refractivity contribution in [2.45, 2.75) is 51.5 Å². The number of hydrogen-bond donors (Lipinski definition) is 1. The van der Waals surface area contributed by atoms with Gasteiger partial charge in [-0.2, -0.15) is 5.10 Å². The Balaban J connectivity index is 1.56. The number of anilines is 1. The van der Waals surface area contributed by atoms with E-state index in [2.05, 4.69) is 50.8 Å². The van der Waals surface area contributed by atoms with Crippen LogP contribution in [0.3, 0.4) is 0 Å². The standard InChI is InChI=1S/C20H28BrN3O/c1-14-6-8-23(9-7-14)20-11-19-16(10-18(20)21)12-24(22-19)17-4-2-15(13-25)3-5-17/h10-12,14-15,17,25H,2-9,13H2,1H3. The van der Waals surface area contributed by atoms with Gasteiger partial charge < -0.3 is 10.0 Å². The van der Waals surface area contributed by atoms with Gasteiger partial charge in [-0.25, -0.2) is 0 Å².